The van der Waals surface area contributed by atoms with Crippen molar-refractivity contribution in [1.82, 2.24) is 0 Å². The van der Waals surface area contributed by atoms with Gasteiger partial charge in [0.2, 0.25) is 0 Å². The Morgan fingerprint density at radius 2 is 1.83 bits per heavy atom. The van der Waals surface area contributed by atoms with Gasteiger partial charge in [-0.3, -0.25) is 4.79 Å². The molecule has 0 fully saturated rings. The van der Waals surface area contributed by atoms with Crippen LogP contribution in [0.5, 0.6) is 5.75 Å². The van der Waals surface area contributed by atoms with Gasteiger partial charge < -0.3 is 19.6 Å². The molecule has 1 unspecified atom stereocenters. The van der Waals surface area contributed by atoms with Gasteiger partial charge >= 0.3 is 0 Å². The van der Waals surface area contributed by atoms with Crippen LogP contribution in [0.4, 0.5) is 10.1 Å². The summed E-state index contributed by atoms with van der Waals surface area (Å²) in [5, 5.41) is 14.1. The van der Waals surface area contributed by atoms with E-state index in [0.29, 0.717) is 18.0 Å². The number of carbonyl (C=O) groups is 1. The summed E-state index contributed by atoms with van der Waals surface area (Å²) in [6, 6.07) is 9.10. The van der Waals surface area contributed by atoms with Gasteiger partial charge in [-0.1, -0.05) is 26.8 Å². The lowest BCUT2D eigenvalue weighted by Gasteiger charge is -2.36. The third kappa shape index (κ3) is 3.70. The molecular weight excluding hydrogens is 389 g/mol. The van der Waals surface area contributed by atoms with Crippen LogP contribution in [0.3, 0.4) is 0 Å². The van der Waals surface area contributed by atoms with Gasteiger partial charge in [-0.05, 0) is 54.0 Å². The van der Waals surface area contributed by atoms with Crippen LogP contribution in [0.1, 0.15) is 37.5 Å². The molecule has 2 aromatic carbocycles. The van der Waals surface area contributed by atoms with E-state index in [2.05, 4.69) is 39.2 Å². The van der Waals surface area contributed by atoms with Crippen molar-refractivity contribution in [1.29, 1.82) is 0 Å². The van der Waals surface area contributed by atoms with Crippen molar-refractivity contribution < 1.29 is 23.5 Å². The van der Waals surface area contributed by atoms with Crippen LogP contribution in [0, 0.1) is 5.82 Å². The lowest BCUT2D eigenvalue weighted by Crippen LogP contribution is -2.40. The Bertz CT molecular complexity index is 954. The number of methoxy groups -OCH3 is 1. The molecule has 1 heterocycles. The minimum Gasteiger partial charge on any atom is -0.496 e. The zero-order chi connectivity index (χ0) is 21.6. The molecule has 1 aliphatic rings. The summed E-state index contributed by atoms with van der Waals surface area (Å²) in [7, 11) is -0.513. The average molecular weight is 418 g/mol. The van der Waals surface area contributed by atoms with Crippen LogP contribution in [0.25, 0.3) is 0 Å². The smallest absolute Gasteiger partial charge is 0.266 e. The molecule has 2 N–H and O–H groups in total. The summed E-state index contributed by atoms with van der Waals surface area (Å²) in [5.74, 6) is -0.829. The third-order valence-electron chi connectivity index (χ3n) is 6.01. The molecule has 0 radical (unpaired) electrons. The number of aliphatic hydroxyl groups is 1. The number of amides is 1. The number of hydrogen-bond acceptors (Lipinski definition) is 4. The summed E-state index contributed by atoms with van der Waals surface area (Å²) < 4.78 is 25.6. The van der Waals surface area contributed by atoms with Gasteiger partial charge in [0.15, 0.2) is 13.9 Å². The standard InChI is InChI=1S/C22H28FNO4Si/c1-21(2,3)29(5,6)28-13-14-7-10-19(27-4)17(11-14)22(26)16-12-15(23)8-9-18(16)24-20(22)25/h7-12,26H,13H2,1-6H3,(H,24,25). The van der Waals surface area contributed by atoms with Crippen LogP contribution in [0.2, 0.25) is 18.1 Å². The monoisotopic (exact) mass is 417 g/mol. The molecule has 0 aliphatic carbocycles. The highest BCUT2D eigenvalue weighted by molar-refractivity contribution is 6.74. The third-order valence-corrected chi connectivity index (χ3v) is 10.5. The lowest BCUT2D eigenvalue weighted by molar-refractivity contribution is -0.129. The van der Waals surface area contributed by atoms with E-state index in [1.165, 1.54) is 25.3 Å². The first kappa shape index (κ1) is 21.5. The number of ether oxygens (including phenoxy) is 1. The Morgan fingerprint density at radius 1 is 1.14 bits per heavy atom. The summed E-state index contributed by atoms with van der Waals surface area (Å²) >= 11 is 0. The fraction of sp³-hybridized carbons (Fsp3) is 0.409. The van der Waals surface area contributed by atoms with Crippen molar-refractivity contribution in [2.75, 3.05) is 12.4 Å². The lowest BCUT2D eigenvalue weighted by atomic mass is 9.86. The van der Waals surface area contributed by atoms with Crippen LogP contribution >= 0.6 is 0 Å². The second-order valence-corrected chi connectivity index (χ2v) is 13.7. The molecule has 0 bridgehead atoms. The highest BCUT2D eigenvalue weighted by atomic mass is 28.4. The Labute approximate surface area is 172 Å². The first-order valence-corrected chi connectivity index (χ1v) is 12.5. The summed E-state index contributed by atoms with van der Waals surface area (Å²) in [6.45, 7) is 11.2. The predicted molar refractivity (Wildman–Crippen MR) is 113 cm³/mol. The first-order chi connectivity index (χ1) is 13.4. The highest BCUT2D eigenvalue weighted by Crippen LogP contribution is 2.45. The maximum Gasteiger partial charge on any atom is 0.266 e. The van der Waals surface area contributed by atoms with E-state index in [-0.39, 0.29) is 16.2 Å². The molecule has 0 saturated carbocycles. The average Bonchev–Trinajstić information content (AvgIpc) is 2.90. The normalized spacial score (nSPS) is 19.1. The van der Waals surface area contributed by atoms with E-state index >= 15 is 0 Å². The van der Waals surface area contributed by atoms with Crippen molar-refractivity contribution in [3.63, 3.8) is 0 Å². The van der Waals surface area contributed by atoms with Gasteiger partial charge in [0.25, 0.3) is 5.91 Å². The molecule has 0 saturated heterocycles. The Balaban J connectivity index is 2.03. The fourth-order valence-corrected chi connectivity index (χ4v) is 4.10. The van der Waals surface area contributed by atoms with Gasteiger partial charge in [0.1, 0.15) is 11.6 Å². The molecule has 0 aromatic heterocycles. The van der Waals surface area contributed by atoms with Gasteiger partial charge in [-0.2, -0.15) is 0 Å². The Hall–Kier alpha value is -2.22. The number of anilines is 1. The van der Waals surface area contributed by atoms with Gasteiger partial charge in [0.05, 0.1) is 13.7 Å². The zero-order valence-electron chi connectivity index (χ0n) is 17.7. The molecule has 1 atom stereocenters. The SMILES string of the molecule is COc1ccc(CO[Si](C)(C)C(C)(C)C)cc1C1(O)C(=O)Nc2ccc(F)cc21. The van der Waals surface area contributed by atoms with E-state index in [0.717, 1.165) is 5.56 Å². The molecule has 156 valence electrons. The number of benzene rings is 2. The molecule has 29 heavy (non-hydrogen) atoms. The number of halogens is 1. The Kier molecular flexibility index (Phi) is 5.36. The number of carbonyl (C=O) groups excluding carboxylic acids is 1. The summed E-state index contributed by atoms with van der Waals surface area (Å²) in [4.78, 5) is 12.7. The molecule has 7 heteroatoms. The molecule has 2 aromatic rings. The van der Waals surface area contributed by atoms with Crippen molar-refractivity contribution in [3.8, 4) is 5.75 Å². The van der Waals surface area contributed by atoms with Crippen LogP contribution in [0.15, 0.2) is 36.4 Å². The van der Waals surface area contributed by atoms with Gasteiger partial charge in [-0.25, -0.2) is 4.39 Å². The van der Waals surface area contributed by atoms with E-state index in [4.69, 9.17) is 9.16 Å². The van der Waals surface area contributed by atoms with Crippen molar-refractivity contribution in [2.24, 2.45) is 0 Å². The predicted octanol–water partition coefficient (Wildman–Crippen LogP) is 4.54. The largest absolute Gasteiger partial charge is 0.496 e. The number of nitrogens with one attached hydrogen (secondary N) is 1. The van der Waals surface area contributed by atoms with Crippen LogP contribution < -0.4 is 10.1 Å². The molecule has 1 aliphatic heterocycles. The number of hydrogen-bond donors (Lipinski definition) is 2. The van der Waals surface area contributed by atoms with Crippen molar-refractivity contribution >= 4 is 19.9 Å². The van der Waals surface area contributed by atoms with E-state index in [9.17, 15) is 14.3 Å². The second kappa shape index (κ2) is 7.23. The first-order valence-electron chi connectivity index (χ1n) is 9.55. The minimum absolute atomic E-state index is 0.0578. The van der Waals surface area contributed by atoms with Crippen molar-refractivity contribution in [2.45, 2.75) is 51.1 Å². The van der Waals surface area contributed by atoms with Crippen LogP contribution in [-0.4, -0.2) is 26.4 Å². The van der Waals surface area contributed by atoms with Crippen LogP contribution in [-0.2, 0) is 21.4 Å². The number of rotatable bonds is 5. The Morgan fingerprint density at radius 3 is 2.45 bits per heavy atom. The molecule has 3 rings (SSSR count). The minimum atomic E-state index is -2.05. The van der Waals surface area contributed by atoms with Crippen molar-refractivity contribution in [3.05, 3.63) is 58.9 Å². The van der Waals surface area contributed by atoms with E-state index < -0.39 is 25.6 Å². The zero-order valence-corrected chi connectivity index (χ0v) is 18.7. The maximum absolute atomic E-state index is 13.9. The molecule has 0 spiro atoms. The topological polar surface area (TPSA) is 67.8 Å². The van der Waals surface area contributed by atoms with Gasteiger partial charge in [0, 0.05) is 16.8 Å². The van der Waals surface area contributed by atoms with E-state index in [1.54, 1.807) is 12.1 Å². The molecular formula is C22H28FNO4Si. The molecule has 5 nitrogen and oxygen atoms in total. The molecule has 1 amide bonds. The quantitative estimate of drug-likeness (QED) is 0.701. The summed E-state index contributed by atoms with van der Waals surface area (Å²) in [5.41, 5.74) is -0.433. The van der Waals surface area contributed by atoms with E-state index in [1.807, 2.05) is 6.07 Å². The maximum atomic E-state index is 13.9. The highest BCUT2D eigenvalue weighted by Gasteiger charge is 2.49. The number of fused-ring (bicyclic) bond motifs is 1. The fourth-order valence-electron chi connectivity index (χ4n) is 3.14. The van der Waals surface area contributed by atoms with Gasteiger partial charge in [-0.15, -0.1) is 0 Å². The second-order valence-electron chi connectivity index (χ2n) is 8.94. The summed E-state index contributed by atoms with van der Waals surface area (Å²) in [6.07, 6.45) is 0.